The maximum absolute atomic E-state index is 13.5. The topological polar surface area (TPSA) is 24.5 Å². The number of hydrogen-bond acceptors (Lipinski definition) is 3. The van der Waals surface area contributed by atoms with Crippen molar-refractivity contribution in [3.8, 4) is 5.75 Å². The highest BCUT2D eigenvalue weighted by Gasteiger charge is 2.17. The molecule has 1 N–H and O–H groups in total. The third kappa shape index (κ3) is 4.97. The Hall–Kier alpha value is -1.13. The van der Waals surface area contributed by atoms with Crippen LogP contribution in [0.5, 0.6) is 5.75 Å². The summed E-state index contributed by atoms with van der Waals surface area (Å²) >= 11 is 0. The third-order valence-corrected chi connectivity index (χ3v) is 4.07. The molecular weight excluding hydrogens is 267 g/mol. The predicted molar refractivity (Wildman–Crippen MR) is 84.2 cm³/mol. The lowest BCUT2D eigenvalue weighted by Crippen LogP contribution is -2.43. The molecule has 3 nitrogen and oxygen atoms in total. The maximum atomic E-state index is 13.5. The lowest BCUT2D eigenvalue weighted by atomic mass is 10.0. The molecule has 0 spiro atoms. The summed E-state index contributed by atoms with van der Waals surface area (Å²) in [6.45, 7) is 6.09. The second kappa shape index (κ2) is 8.35. The first-order chi connectivity index (χ1) is 10.2. The van der Waals surface area contributed by atoms with Crippen molar-refractivity contribution in [2.45, 2.75) is 45.2 Å². The highest BCUT2D eigenvalue weighted by atomic mass is 19.1. The van der Waals surface area contributed by atoms with Crippen LogP contribution in [0.25, 0.3) is 0 Å². The lowest BCUT2D eigenvalue weighted by Gasteiger charge is -2.30. The van der Waals surface area contributed by atoms with Gasteiger partial charge < -0.3 is 10.1 Å². The number of methoxy groups -OCH3 is 1. The van der Waals surface area contributed by atoms with E-state index in [2.05, 4.69) is 17.1 Å². The van der Waals surface area contributed by atoms with Gasteiger partial charge in [-0.15, -0.1) is 0 Å². The zero-order valence-electron chi connectivity index (χ0n) is 13.2. The molecule has 0 radical (unpaired) electrons. The van der Waals surface area contributed by atoms with Crippen LogP contribution >= 0.6 is 0 Å². The van der Waals surface area contributed by atoms with Gasteiger partial charge in [-0.05, 0) is 50.6 Å². The number of hydrogen-bond donors (Lipinski definition) is 1. The molecule has 1 atom stereocenters. The first-order valence-corrected chi connectivity index (χ1v) is 8.01. The minimum Gasteiger partial charge on any atom is -0.496 e. The van der Waals surface area contributed by atoms with Crippen LogP contribution in [-0.2, 0) is 6.54 Å². The van der Waals surface area contributed by atoms with E-state index in [-0.39, 0.29) is 5.82 Å². The van der Waals surface area contributed by atoms with E-state index in [1.165, 1.54) is 25.3 Å². The summed E-state index contributed by atoms with van der Waals surface area (Å²) in [5.41, 5.74) is 0.932. The van der Waals surface area contributed by atoms with Crippen LogP contribution in [0.4, 0.5) is 4.39 Å². The fraction of sp³-hybridized carbons (Fsp3) is 0.647. The molecule has 0 aliphatic carbocycles. The van der Waals surface area contributed by atoms with Crippen molar-refractivity contribution in [1.82, 2.24) is 10.2 Å². The fourth-order valence-corrected chi connectivity index (χ4v) is 3.05. The minimum atomic E-state index is -0.196. The van der Waals surface area contributed by atoms with Gasteiger partial charge in [0.15, 0.2) is 0 Å². The molecular formula is C17H27FN2O. The third-order valence-electron chi connectivity index (χ3n) is 4.07. The van der Waals surface area contributed by atoms with Crippen LogP contribution in [0, 0.1) is 5.82 Å². The second-order valence-corrected chi connectivity index (χ2v) is 5.84. The number of benzene rings is 1. The Morgan fingerprint density at radius 3 is 2.90 bits per heavy atom. The molecule has 0 saturated carbocycles. The molecule has 4 heteroatoms. The maximum Gasteiger partial charge on any atom is 0.123 e. The zero-order chi connectivity index (χ0) is 15.1. The number of piperidine rings is 1. The highest BCUT2D eigenvalue weighted by molar-refractivity contribution is 5.33. The Morgan fingerprint density at radius 1 is 1.38 bits per heavy atom. The standard InChI is InChI=1S/C17H27FN2O/c1-3-10-20(13-16-6-4-5-9-19-16)12-14-11-15(18)7-8-17(14)21-2/h7-8,11,16,19H,3-6,9-10,12-13H2,1-2H3. The van der Waals surface area contributed by atoms with E-state index in [1.807, 2.05) is 0 Å². The Bertz CT molecular complexity index is 433. The second-order valence-electron chi connectivity index (χ2n) is 5.84. The summed E-state index contributed by atoms with van der Waals surface area (Å²) < 4.78 is 18.9. The quantitative estimate of drug-likeness (QED) is 0.836. The van der Waals surface area contributed by atoms with Crippen LogP contribution in [0.1, 0.15) is 38.2 Å². The molecule has 2 rings (SSSR count). The molecule has 118 valence electrons. The van der Waals surface area contributed by atoms with E-state index in [4.69, 9.17) is 4.74 Å². The number of nitrogens with zero attached hydrogens (tertiary/aromatic N) is 1. The molecule has 0 aromatic heterocycles. The Balaban J connectivity index is 2.02. The minimum absolute atomic E-state index is 0.196. The van der Waals surface area contributed by atoms with Gasteiger partial charge in [0.1, 0.15) is 11.6 Å². The van der Waals surface area contributed by atoms with E-state index in [0.29, 0.717) is 6.04 Å². The molecule has 1 heterocycles. The van der Waals surface area contributed by atoms with Crippen molar-refractivity contribution in [3.05, 3.63) is 29.6 Å². The molecule has 1 unspecified atom stereocenters. The van der Waals surface area contributed by atoms with E-state index in [1.54, 1.807) is 19.2 Å². The van der Waals surface area contributed by atoms with Gasteiger partial charge in [-0.2, -0.15) is 0 Å². The average molecular weight is 294 g/mol. The first kappa shape index (κ1) is 16.2. The SMILES string of the molecule is CCCN(Cc1cc(F)ccc1OC)CC1CCCCN1. The molecule has 1 aliphatic heterocycles. The van der Waals surface area contributed by atoms with Crippen molar-refractivity contribution in [2.75, 3.05) is 26.7 Å². The van der Waals surface area contributed by atoms with Gasteiger partial charge in [-0.3, -0.25) is 4.90 Å². The molecule has 1 aromatic carbocycles. The largest absolute Gasteiger partial charge is 0.496 e. The summed E-state index contributed by atoms with van der Waals surface area (Å²) in [4.78, 5) is 2.40. The van der Waals surface area contributed by atoms with Gasteiger partial charge in [0.05, 0.1) is 7.11 Å². The van der Waals surface area contributed by atoms with Gasteiger partial charge in [0.2, 0.25) is 0 Å². The smallest absolute Gasteiger partial charge is 0.123 e. The summed E-state index contributed by atoms with van der Waals surface area (Å²) in [6.07, 6.45) is 4.92. The van der Waals surface area contributed by atoms with Crippen molar-refractivity contribution in [1.29, 1.82) is 0 Å². The Labute approximate surface area is 127 Å². The van der Waals surface area contributed by atoms with Crippen molar-refractivity contribution >= 4 is 0 Å². The molecule has 1 aliphatic rings. The number of halogens is 1. The summed E-state index contributed by atoms with van der Waals surface area (Å²) in [6, 6.07) is 5.32. The Morgan fingerprint density at radius 2 is 2.24 bits per heavy atom. The fourth-order valence-electron chi connectivity index (χ4n) is 3.05. The average Bonchev–Trinajstić information content (AvgIpc) is 2.49. The molecule has 1 aromatic rings. The summed E-state index contributed by atoms with van der Waals surface area (Å²) in [5, 5.41) is 3.59. The molecule has 0 amide bonds. The first-order valence-electron chi connectivity index (χ1n) is 8.01. The molecule has 1 saturated heterocycles. The van der Waals surface area contributed by atoms with Gasteiger partial charge in [0.25, 0.3) is 0 Å². The number of rotatable bonds is 7. The molecule has 0 bridgehead atoms. The van der Waals surface area contributed by atoms with Gasteiger partial charge in [0, 0.05) is 24.7 Å². The predicted octanol–water partition coefficient (Wildman–Crippen LogP) is 3.19. The Kier molecular flexibility index (Phi) is 6.46. The van der Waals surface area contributed by atoms with Crippen molar-refractivity contribution in [3.63, 3.8) is 0 Å². The van der Waals surface area contributed by atoms with Crippen molar-refractivity contribution < 1.29 is 9.13 Å². The van der Waals surface area contributed by atoms with Gasteiger partial charge in [-0.1, -0.05) is 13.3 Å². The lowest BCUT2D eigenvalue weighted by molar-refractivity contribution is 0.214. The number of nitrogens with one attached hydrogen (secondary N) is 1. The summed E-state index contributed by atoms with van der Waals surface area (Å²) in [5.74, 6) is 0.576. The van der Waals surface area contributed by atoms with Crippen LogP contribution < -0.4 is 10.1 Å². The van der Waals surface area contributed by atoms with Gasteiger partial charge in [-0.25, -0.2) is 4.39 Å². The molecule has 21 heavy (non-hydrogen) atoms. The van der Waals surface area contributed by atoms with E-state index in [0.717, 1.165) is 43.9 Å². The summed E-state index contributed by atoms with van der Waals surface area (Å²) in [7, 11) is 1.64. The highest BCUT2D eigenvalue weighted by Crippen LogP contribution is 2.22. The molecule has 1 fully saturated rings. The van der Waals surface area contributed by atoms with Gasteiger partial charge >= 0.3 is 0 Å². The van der Waals surface area contributed by atoms with E-state index in [9.17, 15) is 4.39 Å². The van der Waals surface area contributed by atoms with Crippen molar-refractivity contribution in [2.24, 2.45) is 0 Å². The zero-order valence-corrected chi connectivity index (χ0v) is 13.2. The normalized spacial score (nSPS) is 19.0. The van der Waals surface area contributed by atoms with Crippen LogP contribution in [0.15, 0.2) is 18.2 Å². The van der Waals surface area contributed by atoms with E-state index >= 15 is 0 Å². The van der Waals surface area contributed by atoms with Crippen LogP contribution in [0.3, 0.4) is 0 Å². The van der Waals surface area contributed by atoms with E-state index < -0.39 is 0 Å². The monoisotopic (exact) mass is 294 g/mol. The van der Waals surface area contributed by atoms with Crippen LogP contribution in [0.2, 0.25) is 0 Å². The number of ether oxygens (including phenoxy) is 1. The van der Waals surface area contributed by atoms with Crippen LogP contribution in [-0.4, -0.2) is 37.7 Å².